The first kappa shape index (κ1) is 17.2. The van der Waals surface area contributed by atoms with Crippen LogP contribution >= 0.6 is 0 Å². The fraction of sp³-hybridized carbons (Fsp3) is 0.529. The van der Waals surface area contributed by atoms with E-state index in [2.05, 4.69) is 15.6 Å². The van der Waals surface area contributed by atoms with Gasteiger partial charge in [-0.05, 0) is 44.7 Å². The molecule has 1 aliphatic rings. The average molecular weight is 318 g/mol. The number of nitriles is 1. The number of nitrogens with one attached hydrogen (secondary N) is 2. The van der Waals surface area contributed by atoms with Crippen LogP contribution in [0.3, 0.4) is 0 Å². The number of benzene rings is 1. The Bertz CT molecular complexity index is 589. The van der Waals surface area contributed by atoms with E-state index in [9.17, 15) is 9.50 Å². The third-order valence-electron chi connectivity index (χ3n) is 3.97. The van der Waals surface area contributed by atoms with Gasteiger partial charge in [0.05, 0.1) is 24.3 Å². The van der Waals surface area contributed by atoms with Crippen LogP contribution in [0.4, 0.5) is 4.39 Å². The highest BCUT2D eigenvalue weighted by Crippen LogP contribution is 2.18. The summed E-state index contributed by atoms with van der Waals surface area (Å²) < 4.78 is 13.9. The fourth-order valence-electron chi connectivity index (χ4n) is 2.64. The van der Waals surface area contributed by atoms with Gasteiger partial charge in [0.2, 0.25) is 0 Å². The summed E-state index contributed by atoms with van der Waals surface area (Å²) in [5, 5.41) is 24.8. The summed E-state index contributed by atoms with van der Waals surface area (Å²) in [5.74, 6) is 0.238. The maximum Gasteiger partial charge on any atom is 0.191 e. The summed E-state index contributed by atoms with van der Waals surface area (Å²) in [4.78, 5) is 4.42. The van der Waals surface area contributed by atoms with E-state index in [1.807, 2.05) is 13.0 Å². The quantitative estimate of drug-likeness (QED) is 0.586. The molecule has 0 heterocycles. The van der Waals surface area contributed by atoms with Crippen LogP contribution < -0.4 is 10.6 Å². The molecule has 0 aromatic heterocycles. The summed E-state index contributed by atoms with van der Waals surface area (Å²) in [7, 11) is 0. The number of aliphatic imine (C=N–C) groups is 1. The van der Waals surface area contributed by atoms with Gasteiger partial charge in [-0.3, -0.25) is 0 Å². The van der Waals surface area contributed by atoms with Crippen LogP contribution in [0.1, 0.15) is 43.7 Å². The van der Waals surface area contributed by atoms with Crippen molar-refractivity contribution in [3.05, 3.63) is 35.1 Å². The lowest BCUT2D eigenvalue weighted by molar-refractivity contribution is 0.120. The highest BCUT2D eigenvalue weighted by Gasteiger charge is 2.19. The molecule has 1 aromatic rings. The molecule has 0 spiro atoms. The molecule has 0 bridgehead atoms. The average Bonchev–Trinajstić information content (AvgIpc) is 2.55. The van der Waals surface area contributed by atoms with Crippen molar-refractivity contribution in [2.24, 2.45) is 4.99 Å². The number of hydrogen-bond acceptors (Lipinski definition) is 3. The second kappa shape index (κ2) is 8.49. The second-order valence-corrected chi connectivity index (χ2v) is 5.76. The standard InChI is InChI=1S/C17H23FN4O/c1-2-20-17(22-14-5-7-15(23)8-6-14)21-11-13-4-3-12(10-19)9-16(13)18/h3-4,9,14-15,23H,2,5-8,11H2,1H3,(H2,20,21,22). The van der Waals surface area contributed by atoms with Crippen molar-refractivity contribution < 1.29 is 9.50 Å². The number of nitrogens with zero attached hydrogens (tertiary/aromatic N) is 2. The minimum absolute atomic E-state index is 0.194. The van der Waals surface area contributed by atoms with Gasteiger partial charge >= 0.3 is 0 Å². The minimum Gasteiger partial charge on any atom is -0.393 e. The Kier molecular flexibility index (Phi) is 6.36. The second-order valence-electron chi connectivity index (χ2n) is 5.76. The van der Waals surface area contributed by atoms with Crippen LogP contribution in [0, 0.1) is 17.1 Å². The van der Waals surface area contributed by atoms with Crippen LogP contribution in [-0.4, -0.2) is 29.8 Å². The van der Waals surface area contributed by atoms with Gasteiger partial charge in [-0.2, -0.15) is 5.26 Å². The molecule has 1 aromatic carbocycles. The summed E-state index contributed by atoms with van der Waals surface area (Å²) in [6.45, 7) is 2.91. The van der Waals surface area contributed by atoms with Crippen LogP contribution in [0.15, 0.2) is 23.2 Å². The molecule has 0 unspecified atom stereocenters. The lowest BCUT2D eigenvalue weighted by atomic mass is 9.93. The summed E-state index contributed by atoms with van der Waals surface area (Å²) >= 11 is 0. The molecule has 0 radical (unpaired) electrons. The Morgan fingerprint density at radius 3 is 2.74 bits per heavy atom. The first-order valence-electron chi connectivity index (χ1n) is 8.03. The number of rotatable bonds is 4. The molecule has 3 N–H and O–H groups in total. The smallest absolute Gasteiger partial charge is 0.191 e. The zero-order chi connectivity index (χ0) is 16.7. The Balaban J connectivity index is 1.99. The van der Waals surface area contributed by atoms with Gasteiger partial charge < -0.3 is 15.7 Å². The van der Waals surface area contributed by atoms with Crippen molar-refractivity contribution >= 4 is 5.96 Å². The van der Waals surface area contributed by atoms with E-state index in [0.29, 0.717) is 17.1 Å². The molecule has 0 saturated heterocycles. The van der Waals surface area contributed by atoms with E-state index in [4.69, 9.17) is 5.26 Å². The summed E-state index contributed by atoms with van der Waals surface area (Å²) in [6.07, 6.45) is 3.19. The zero-order valence-corrected chi connectivity index (χ0v) is 13.3. The van der Waals surface area contributed by atoms with E-state index in [-0.39, 0.29) is 18.7 Å². The number of guanidine groups is 1. The lowest BCUT2D eigenvalue weighted by Gasteiger charge is -2.27. The number of halogens is 1. The molecule has 0 aliphatic heterocycles. The number of aliphatic hydroxyl groups excluding tert-OH is 1. The molecule has 6 heteroatoms. The van der Waals surface area contributed by atoms with Gasteiger partial charge in [0.1, 0.15) is 5.82 Å². The lowest BCUT2D eigenvalue weighted by Crippen LogP contribution is -2.45. The van der Waals surface area contributed by atoms with Crippen molar-refractivity contribution in [1.29, 1.82) is 5.26 Å². The summed E-state index contributed by atoms with van der Waals surface area (Å²) in [5.41, 5.74) is 0.765. The zero-order valence-electron chi connectivity index (χ0n) is 13.3. The van der Waals surface area contributed by atoms with Gasteiger partial charge in [0, 0.05) is 18.2 Å². The number of hydrogen-bond donors (Lipinski definition) is 3. The van der Waals surface area contributed by atoms with Gasteiger partial charge in [-0.25, -0.2) is 9.38 Å². The Labute approximate surface area is 136 Å². The third-order valence-corrected chi connectivity index (χ3v) is 3.97. The molecule has 23 heavy (non-hydrogen) atoms. The SMILES string of the molecule is CCNC(=NCc1ccc(C#N)cc1F)NC1CCC(O)CC1. The molecule has 0 atom stereocenters. The van der Waals surface area contributed by atoms with Crippen LogP contribution in [-0.2, 0) is 6.54 Å². The third kappa shape index (κ3) is 5.22. The molecule has 0 amide bonds. The van der Waals surface area contributed by atoms with E-state index in [1.54, 1.807) is 12.1 Å². The predicted molar refractivity (Wildman–Crippen MR) is 87.3 cm³/mol. The minimum atomic E-state index is -0.413. The monoisotopic (exact) mass is 318 g/mol. The van der Waals surface area contributed by atoms with E-state index in [0.717, 1.165) is 32.2 Å². The first-order chi connectivity index (χ1) is 11.1. The molecule has 1 saturated carbocycles. The molecule has 124 valence electrons. The van der Waals surface area contributed by atoms with Gasteiger partial charge in [-0.1, -0.05) is 6.07 Å². The largest absolute Gasteiger partial charge is 0.393 e. The molecule has 2 rings (SSSR count). The van der Waals surface area contributed by atoms with Crippen molar-refractivity contribution in [2.45, 2.75) is 51.3 Å². The van der Waals surface area contributed by atoms with Crippen molar-refractivity contribution in [2.75, 3.05) is 6.54 Å². The number of aliphatic hydroxyl groups is 1. The van der Waals surface area contributed by atoms with Crippen LogP contribution in [0.2, 0.25) is 0 Å². The first-order valence-corrected chi connectivity index (χ1v) is 8.03. The predicted octanol–water partition coefficient (Wildman–Crippen LogP) is 2.06. The van der Waals surface area contributed by atoms with Gasteiger partial charge in [-0.15, -0.1) is 0 Å². The normalized spacial score (nSPS) is 21.6. The highest BCUT2D eigenvalue weighted by molar-refractivity contribution is 5.80. The topological polar surface area (TPSA) is 80.4 Å². The molecule has 1 aliphatic carbocycles. The van der Waals surface area contributed by atoms with E-state index in [1.165, 1.54) is 6.07 Å². The fourth-order valence-corrected chi connectivity index (χ4v) is 2.64. The van der Waals surface area contributed by atoms with Crippen LogP contribution in [0.25, 0.3) is 0 Å². The van der Waals surface area contributed by atoms with Gasteiger partial charge in [0.15, 0.2) is 5.96 Å². The van der Waals surface area contributed by atoms with E-state index < -0.39 is 5.82 Å². The summed E-state index contributed by atoms with van der Waals surface area (Å²) in [6, 6.07) is 6.62. The van der Waals surface area contributed by atoms with Crippen molar-refractivity contribution in [3.8, 4) is 6.07 Å². The molecule has 5 nitrogen and oxygen atoms in total. The highest BCUT2D eigenvalue weighted by atomic mass is 19.1. The maximum absolute atomic E-state index is 13.9. The van der Waals surface area contributed by atoms with Crippen LogP contribution in [0.5, 0.6) is 0 Å². The van der Waals surface area contributed by atoms with Crippen molar-refractivity contribution in [1.82, 2.24) is 10.6 Å². The Morgan fingerprint density at radius 2 is 2.13 bits per heavy atom. The molecular weight excluding hydrogens is 295 g/mol. The maximum atomic E-state index is 13.9. The van der Waals surface area contributed by atoms with Gasteiger partial charge in [0.25, 0.3) is 0 Å². The van der Waals surface area contributed by atoms with Crippen molar-refractivity contribution in [3.63, 3.8) is 0 Å². The molecule has 1 fully saturated rings. The van der Waals surface area contributed by atoms with E-state index >= 15 is 0 Å². The molecular formula is C17H23FN4O. The Hall–Kier alpha value is -2.13. The Morgan fingerprint density at radius 1 is 1.39 bits per heavy atom.